The van der Waals surface area contributed by atoms with Crippen molar-refractivity contribution < 1.29 is 22.7 Å². The molecular weight excluding hydrogens is 406 g/mol. The number of carbonyl (C=O) groups is 2. The number of amides is 1. The van der Waals surface area contributed by atoms with Gasteiger partial charge in [0.15, 0.2) is 0 Å². The van der Waals surface area contributed by atoms with E-state index in [1.165, 1.54) is 16.8 Å². The third-order valence-electron chi connectivity index (χ3n) is 3.87. The summed E-state index contributed by atoms with van der Waals surface area (Å²) in [6.45, 7) is 3.60. The molecule has 2 aromatic rings. The van der Waals surface area contributed by atoms with E-state index in [2.05, 4.69) is 10.0 Å². The molecule has 0 saturated heterocycles. The SMILES string of the molecule is CCOC(=O)c1cc(S(=O)(=O)NCCC(=O)Nc2ccc(C)c(Cl)c2)cn1C. The van der Waals surface area contributed by atoms with Gasteiger partial charge in [-0.25, -0.2) is 17.9 Å². The van der Waals surface area contributed by atoms with Gasteiger partial charge in [-0.2, -0.15) is 0 Å². The van der Waals surface area contributed by atoms with Gasteiger partial charge in [0.05, 0.1) is 6.61 Å². The molecule has 1 aromatic carbocycles. The largest absolute Gasteiger partial charge is 0.461 e. The minimum absolute atomic E-state index is 0.0672. The Bertz CT molecular complexity index is 985. The van der Waals surface area contributed by atoms with Gasteiger partial charge in [-0.05, 0) is 37.6 Å². The Morgan fingerprint density at radius 2 is 1.96 bits per heavy atom. The van der Waals surface area contributed by atoms with E-state index in [9.17, 15) is 18.0 Å². The maximum absolute atomic E-state index is 12.4. The lowest BCUT2D eigenvalue weighted by atomic mass is 10.2. The van der Waals surface area contributed by atoms with Crippen LogP contribution in [0, 0.1) is 6.92 Å². The van der Waals surface area contributed by atoms with Crippen molar-refractivity contribution in [3.63, 3.8) is 0 Å². The van der Waals surface area contributed by atoms with Gasteiger partial charge in [0, 0.05) is 36.9 Å². The van der Waals surface area contributed by atoms with Crippen LogP contribution >= 0.6 is 11.6 Å². The lowest BCUT2D eigenvalue weighted by Gasteiger charge is -2.08. The molecule has 2 N–H and O–H groups in total. The van der Waals surface area contributed by atoms with Crippen LogP contribution in [0.3, 0.4) is 0 Å². The predicted molar refractivity (Wildman–Crippen MR) is 106 cm³/mol. The highest BCUT2D eigenvalue weighted by molar-refractivity contribution is 7.89. The van der Waals surface area contributed by atoms with Crippen molar-refractivity contribution in [2.45, 2.75) is 25.2 Å². The Kier molecular flexibility index (Phi) is 7.22. The van der Waals surface area contributed by atoms with Gasteiger partial charge >= 0.3 is 5.97 Å². The number of nitrogens with zero attached hydrogens (tertiary/aromatic N) is 1. The fourth-order valence-corrected chi connectivity index (χ4v) is 3.65. The van der Waals surface area contributed by atoms with Crippen LogP contribution < -0.4 is 10.0 Å². The summed E-state index contributed by atoms with van der Waals surface area (Å²) in [7, 11) is -2.32. The van der Waals surface area contributed by atoms with Crippen LogP contribution in [-0.2, 0) is 26.6 Å². The first-order valence-electron chi connectivity index (χ1n) is 8.53. The Hall–Kier alpha value is -2.36. The fraction of sp³-hybridized carbons (Fsp3) is 0.333. The second kappa shape index (κ2) is 9.22. The quantitative estimate of drug-likeness (QED) is 0.629. The zero-order valence-electron chi connectivity index (χ0n) is 15.8. The number of hydrogen-bond donors (Lipinski definition) is 2. The number of aryl methyl sites for hydroxylation is 2. The van der Waals surface area contributed by atoms with Gasteiger partial charge in [0.2, 0.25) is 15.9 Å². The van der Waals surface area contributed by atoms with Crippen molar-refractivity contribution in [1.82, 2.24) is 9.29 Å². The van der Waals surface area contributed by atoms with Crippen molar-refractivity contribution in [2.24, 2.45) is 7.05 Å². The van der Waals surface area contributed by atoms with Crippen LogP contribution in [0.5, 0.6) is 0 Å². The topological polar surface area (TPSA) is 106 Å². The molecule has 0 aliphatic rings. The minimum Gasteiger partial charge on any atom is -0.461 e. The molecule has 0 atom stereocenters. The highest BCUT2D eigenvalue weighted by Crippen LogP contribution is 2.20. The molecule has 0 spiro atoms. The number of ether oxygens (including phenoxy) is 1. The average molecular weight is 428 g/mol. The van der Waals surface area contributed by atoms with Crippen molar-refractivity contribution in [3.8, 4) is 0 Å². The third kappa shape index (κ3) is 5.57. The molecule has 2 rings (SSSR count). The number of hydrogen-bond acceptors (Lipinski definition) is 5. The van der Waals surface area contributed by atoms with Crippen LogP contribution in [-0.4, -0.2) is 38.0 Å². The van der Waals surface area contributed by atoms with Gasteiger partial charge in [0.25, 0.3) is 0 Å². The van der Waals surface area contributed by atoms with Crippen molar-refractivity contribution in [1.29, 1.82) is 0 Å². The van der Waals surface area contributed by atoms with Gasteiger partial charge in [-0.1, -0.05) is 17.7 Å². The molecule has 28 heavy (non-hydrogen) atoms. The molecule has 152 valence electrons. The Morgan fingerprint density at radius 3 is 2.61 bits per heavy atom. The number of anilines is 1. The van der Waals surface area contributed by atoms with Crippen molar-refractivity contribution in [3.05, 3.63) is 46.7 Å². The molecule has 0 radical (unpaired) electrons. The standard InChI is InChI=1S/C18H22ClN3O5S/c1-4-27-18(24)16-10-14(11-22(16)3)28(25,26)20-8-7-17(23)21-13-6-5-12(2)15(19)9-13/h5-6,9-11,20H,4,7-8H2,1-3H3,(H,21,23). The summed E-state index contributed by atoms with van der Waals surface area (Å²) in [5.41, 5.74) is 1.54. The third-order valence-corrected chi connectivity index (χ3v) is 5.71. The molecule has 1 heterocycles. The first-order valence-corrected chi connectivity index (χ1v) is 10.4. The first-order chi connectivity index (χ1) is 13.1. The minimum atomic E-state index is -3.87. The van der Waals surface area contributed by atoms with E-state index in [-0.39, 0.29) is 36.1 Å². The zero-order chi connectivity index (χ0) is 20.9. The number of sulfonamides is 1. The number of nitrogens with one attached hydrogen (secondary N) is 2. The zero-order valence-corrected chi connectivity index (χ0v) is 17.4. The average Bonchev–Trinajstić information content (AvgIpc) is 3.01. The van der Waals surface area contributed by atoms with Crippen molar-refractivity contribution >= 4 is 39.2 Å². The van der Waals surface area contributed by atoms with Gasteiger partial charge in [-0.15, -0.1) is 0 Å². The van der Waals surface area contributed by atoms with E-state index in [0.717, 1.165) is 5.56 Å². The monoisotopic (exact) mass is 427 g/mol. The summed E-state index contributed by atoms with van der Waals surface area (Å²) >= 11 is 6.01. The highest BCUT2D eigenvalue weighted by Gasteiger charge is 2.21. The van der Waals surface area contributed by atoms with E-state index in [0.29, 0.717) is 10.7 Å². The van der Waals surface area contributed by atoms with Gasteiger partial charge in [-0.3, -0.25) is 4.79 Å². The van der Waals surface area contributed by atoms with Gasteiger partial charge < -0.3 is 14.6 Å². The van der Waals surface area contributed by atoms with Crippen LogP contribution in [0.2, 0.25) is 5.02 Å². The van der Waals surface area contributed by atoms with E-state index < -0.39 is 16.0 Å². The summed E-state index contributed by atoms with van der Waals surface area (Å²) in [4.78, 5) is 23.7. The Balaban J connectivity index is 1.94. The molecule has 1 amide bonds. The van der Waals surface area contributed by atoms with Crippen LogP contribution in [0.1, 0.15) is 29.4 Å². The van der Waals surface area contributed by atoms with Gasteiger partial charge in [0.1, 0.15) is 10.6 Å². The first kappa shape index (κ1) is 21.9. The summed E-state index contributed by atoms with van der Waals surface area (Å²) < 4.78 is 33.4. The Morgan fingerprint density at radius 1 is 1.25 bits per heavy atom. The summed E-state index contributed by atoms with van der Waals surface area (Å²) in [5.74, 6) is -0.967. The number of aromatic nitrogens is 1. The van der Waals surface area contributed by atoms with Crippen LogP contribution in [0.15, 0.2) is 35.4 Å². The van der Waals surface area contributed by atoms with E-state index in [4.69, 9.17) is 16.3 Å². The smallest absolute Gasteiger partial charge is 0.354 e. The van der Waals surface area contributed by atoms with E-state index >= 15 is 0 Å². The predicted octanol–water partition coefficient (Wildman–Crippen LogP) is 2.47. The summed E-state index contributed by atoms with van der Waals surface area (Å²) in [6.07, 6.45) is 1.24. The molecule has 1 aromatic heterocycles. The van der Waals surface area contributed by atoms with Crippen molar-refractivity contribution in [2.75, 3.05) is 18.5 Å². The number of carbonyl (C=O) groups excluding carboxylic acids is 2. The van der Waals surface area contributed by atoms with E-state index in [1.54, 1.807) is 32.2 Å². The maximum atomic E-state index is 12.4. The molecule has 0 bridgehead atoms. The fourth-order valence-electron chi connectivity index (χ4n) is 2.37. The molecule has 0 unspecified atom stereocenters. The number of rotatable bonds is 8. The van der Waals surface area contributed by atoms with Crippen LogP contribution in [0.25, 0.3) is 0 Å². The lowest BCUT2D eigenvalue weighted by Crippen LogP contribution is -2.27. The maximum Gasteiger partial charge on any atom is 0.354 e. The van der Waals surface area contributed by atoms with E-state index in [1.807, 2.05) is 6.92 Å². The molecule has 0 aliphatic carbocycles. The second-order valence-electron chi connectivity index (χ2n) is 6.05. The number of benzene rings is 1. The lowest BCUT2D eigenvalue weighted by molar-refractivity contribution is -0.116. The number of esters is 1. The molecule has 8 nitrogen and oxygen atoms in total. The summed E-state index contributed by atoms with van der Waals surface area (Å²) in [5, 5.41) is 3.18. The highest BCUT2D eigenvalue weighted by atomic mass is 35.5. The Labute approximate surface area is 168 Å². The molecule has 0 saturated carbocycles. The molecule has 0 fully saturated rings. The van der Waals surface area contributed by atoms with Crippen LogP contribution in [0.4, 0.5) is 5.69 Å². The molecule has 10 heteroatoms. The second-order valence-corrected chi connectivity index (χ2v) is 8.23. The summed E-state index contributed by atoms with van der Waals surface area (Å²) in [6, 6.07) is 6.34. The number of halogens is 1. The normalized spacial score (nSPS) is 11.3. The molecule has 0 aliphatic heterocycles. The molecular formula is C18H22ClN3O5S.